The van der Waals surface area contributed by atoms with Crippen LogP contribution in [0.25, 0.3) is 0 Å². The molecule has 0 aliphatic carbocycles. The molecule has 0 radical (unpaired) electrons. The summed E-state index contributed by atoms with van der Waals surface area (Å²) in [4.78, 5) is 25.1. The fourth-order valence-corrected chi connectivity index (χ4v) is 2.69. The summed E-state index contributed by atoms with van der Waals surface area (Å²) in [5.41, 5.74) is 1.32. The largest absolute Gasteiger partial charge is 0.478 e. The average molecular weight is 285 g/mol. The van der Waals surface area contributed by atoms with Crippen LogP contribution in [0.4, 0.5) is 5.69 Å². The topological polar surface area (TPSA) is 70.8 Å². The monoisotopic (exact) mass is 285 g/mol. The number of para-hydroxylation sites is 1. The third-order valence-corrected chi connectivity index (χ3v) is 3.86. The summed E-state index contributed by atoms with van der Waals surface area (Å²) in [5, 5.41) is 8.91. The lowest BCUT2D eigenvalue weighted by molar-refractivity contribution is -0.122. The molecule has 21 heavy (non-hydrogen) atoms. The molecule has 0 bridgehead atoms. The van der Waals surface area contributed by atoms with Crippen molar-refractivity contribution in [3.63, 3.8) is 0 Å². The maximum Gasteiger partial charge on any atom is 0.338 e. The molecule has 3 rings (SSSR count). The highest BCUT2D eigenvalue weighted by molar-refractivity contribution is 6.07. The van der Waals surface area contributed by atoms with Crippen molar-refractivity contribution in [2.75, 3.05) is 4.90 Å². The van der Waals surface area contributed by atoms with Gasteiger partial charge in [0.05, 0.1) is 17.5 Å². The Morgan fingerprint density at radius 1 is 1.33 bits per heavy atom. The van der Waals surface area contributed by atoms with Crippen molar-refractivity contribution in [2.24, 2.45) is 0 Å². The number of amides is 1. The molecule has 5 nitrogen and oxygen atoms in total. The van der Waals surface area contributed by atoms with Crippen LogP contribution in [0, 0.1) is 0 Å². The molecule has 0 saturated carbocycles. The molecule has 1 amide bonds. The second-order valence-corrected chi connectivity index (χ2v) is 5.64. The number of carbonyl (C=O) groups excluding carboxylic acids is 1. The third kappa shape index (κ3) is 2.01. The van der Waals surface area contributed by atoms with Gasteiger partial charge in [-0.2, -0.15) is 0 Å². The summed E-state index contributed by atoms with van der Waals surface area (Å²) in [5.74, 6) is -0.608. The molecule has 2 heterocycles. The van der Waals surface area contributed by atoms with E-state index >= 15 is 0 Å². The first-order chi connectivity index (χ1) is 9.91. The van der Waals surface area contributed by atoms with E-state index in [1.807, 2.05) is 38.1 Å². The number of carbonyl (C=O) groups is 2. The molecule has 0 spiro atoms. The van der Waals surface area contributed by atoms with Crippen molar-refractivity contribution in [3.8, 4) is 0 Å². The predicted molar refractivity (Wildman–Crippen MR) is 76.3 cm³/mol. The van der Waals surface area contributed by atoms with Gasteiger partial charge in [0.2, 0.25) is 5.91 Å². The highest BCUT2D eigenvalue weighted by atomic mass is 16.4. The number of nitrogens with zero attached hydrogens (tertiary/aromatic N) is 1. The molecule has 1 aliphatic rings. The van der Waals surface area contributed by atoms with Crippen LogP contribution in [-0.2, 0) is 16.8 Å². The molecular weight excluding hydrogens is 270 g/mol. The van der Waals surface area contributed by atoms with E-state index in [9.17, 15) is 9.59 Å². The third-order valence-electron chi connectivity index (χ3n) is 3.86. The lowest BCUT2D eigenvalue weighted by atomic mass is 9.86. The lowest BCUT2D eigenvalue weighted by Crippen LogP contribution is -2.35. The van der Waals surface area contributed by atoms with Gasteiger partial charge in [-0.3, -0.25) is 4.79 Å². The van der Waals surface area contributed by atoms with Crippen LogP contribution >= 0.6 is 0 Å². The first-order valence-corrected chi connectivity index (χ1v) is 6.63. The van der Waals surface area contributed by atoms with Gasteiger partial charge in [-0.15, -0.1) is 0 Å². The van der Waals surface area contributed by atoms with E-state index in [4.69, 9.17) is 9.52 Å². The molecule has 0 unspecified atom stereocenters. The molecule has 1 aliphatic heterocycles. The van der Waals surface area contributed by atoms with Crippen molar-refractivity contribution < 1.29 is 19.1 Å². The van der Waals surface area contributed by atoms with Gasteiger partial charge in [-0.05, 0) is 31.5 Å². The molecule has 108 valence electrons. The maximum absolute atomic E-state index is 12.6. The molecule has 0 saturated heterocycles. The summed E-state index contributed by atoms with van der Waals surface area (Å²) in [6.07, 6.45) is 1.19. The Labute approximate surface area is 121 Å². The van der Waals surface area contributed by atoms with Crippen LogP contribution in [0.2, 0.25) is 0 Å². The van der Waals surface area contributed by atoms with E-state index in [1.54, 1.807) is 4.90 Å². The molecular formula is C16H15NO4. The Kier molecular flexibility index (Phi) is 2.86. The van der Waals surface area contributed by atoms with Crippen LogP contribution in [0.15, 0.2) is 41.0 Å². The molecule has 1 N–H and O–H groups in total. The normalized spacial score (nSPS) is 16.1. The Balaban J connectivity index is 1.95. The van der Waals surface area contributed by atoms with E-state index in [-0.39, 0.29) is 18.0 Å². The van der Waals surface area contributed by atoms with Gasteiger partial charge in [0.25, 0.3) is 0 Å². The van der Waals surface area contributed by atoms with E-state index in [0.29, 0.717) is 5.76 Å². The number of carboxylic acids is 1. The smallest absolute Gasteiger partial charge is 0.338 e. The van der Waals surface area contributed by atoms with Crippen LogP contribution in [-0.4, -0.2) is 17.0 Å². The van der Waals surface area contributed by atoms with Gasteiger partial charge in [0.15, 0.2) is 0 Å². The molecule has 5 heteroatoms. The van der Waals surface area contributed by atoms with Crippen molar-refractivity contribution in [2.45, 2.75) is 25.8 Å². The number of hydrogen-bond donors (Lipinski definition) is 1. The number of fused-ring (bicyclic) bond motifs is 1. The lowest BCUT2D eigenvalue weighted by Gasteiger charge is -2.19. The van der Waals surface area contributed by atoms with Crippen molar-refractivity contribution in [1.82, 2.24) is 0 Å². The number of furan rings is 1. The highest BCUT2D eigenvalue weighted by Crippen LogP contribution is 2.41. The predicted octanol–water partition coefficient (Wildman–Crippen LogP) is 2.80. The molecule has 0 atom stereocenters. The zero-order valence-corrected chi connectivity index (χ0v) is 11.8. The number of anilines is 1. The van der Waals surface area contributed by atoms with Gasteiger partial charge in [0, 0.05) is 5.69 Å². The highest BCUT2D eigenvalue weighted by Gasteiger charge is 2.43. The second kappa shape index (κ2) is 4.48. The average Bonchev–Trinajstić information content (AvgIpc) is 2.98. The quantitative estimate of drug-likeness (QED) is 0.941. The van der Waals surface area contributed by atoms with Gasteiger partial charge < -0.3 is 14.4 Å². The first kappa shape index (κ1) is 13.4. The van der Waals surface area contributed by atoms with Crippen LogP contribution < -0.4 is 4.90 Å². The Hall–Kier alpha value is -2.56. The van der Waals surface area contributed by atoms with E-state index < -0.39 is 11.4 Å². The Bertz CT molecular complexity index is 729. The van der Waals surface area contributed by atoms with Gasteiger partial charge >= 0.3 is 5.97 Å². The fraction of sp³-hybridized carbons (Fsp3) is 0.250. The molecule has 2 aromatic rings. The summed E-state index contributed by atoms with van der Waals surface area (Å²) in [6.45, 7) is 4.00. The molecule has 0 fully saturated rings. The van der Waals surface area contributed by atoms with Crippen molar-refractivity contribution in [1.29, 1.82) is 0 Å². The van der Waals surface area contributed by atoms with Gasteiger partial charge in [0.1, 0.15) is 12.0 Å². The minimum absolute atomic E-state index is 0.0167. The zero-order valence-electron chi connectivity index (χ0n) is 11.8. The summed E-state index contributed by atoms with van der Waals surface area (Å²) < 4.78 is 5.24. The standard InChI is InChI=1S/C16H15NO4/c1-16(2)12-5-3-4-6-13(12)17(15(16)20)8-11-7-10(9-21-11)14(18)19/h3-7,9H,8H2,1-2H3,(H,18,19). The van der Waals surface area contributed by atoms with Crippen molar-refractivity contribution >= 4 is 17.6 Å². The van der Waals surface area contributed by atoms with Crippen LogP contribution in [0.5, 0.6) is 0 Å². The number of aromatic carboxylic acids is 1. The second-order valence-electron chi connectivity index (χ2n) is 5.64. The van der Waals surface area contributed by atoms with E-state index in [0.717, 1.165) is 11.3 Å². The zero-order chi connectivity index (χ0) is 15.2. The van der Waals surface area contributed by atoms with Crippen LogP contribution in [0.1, 0.15) is 35.5 Å². The van der Waals surface area contributed by atoms with Crippen molar-refractivity contribution in [3.05, 3.63) is 53.5 Å². The van der Waals surface area contributed by atoms with Crippen LogP contribution in [0.3, 0.4) is 0 Å². The Morgan fingerprint density at radius 2 is 2.05 bits per heavy atom. The van der Waals surface area contributed by atoms with Gasteiger partial charge in [-0.1, -0.05) is 18.2 Å². The van der Waals surface area contributed by atoms with E-state index in [1.165, 1.54) is 12.3 Å². The number of carboxylic acid groups (broad SMARTS) is 1. The van der Waals surface area contributed by atoms with Gasteiger partial charge in [-0.25, -0.2) is 4.79 Å². The minimum Gasteiger partial charge on any atom is -0.478 e. The number of hydrogen-bond acceptors (Lipinski definition) is 3. The fourth-order valence-electron chi connectivity index (χ4n) is 2.69. The number of benzene rings is 1. The minimum atomic E-state index is -1.04. The summed E-state index contributed by atoms with van der Waals surface area (Å²) in [7, 11) is 0. The molecule has 1 aromatic heterocycles. The SMILES string of the molecule is CC1(C)C(=O)N(Cc2cc(C(=O)O)co2)c2ccccc21. The first-order valence-electron chi connectivity index (χ1n) is 6.63. The Morgan fingerprint density at radius 3 is 2.71 bits per heavy atom. The summed E-state index contributed by atoms with van der Waals surface area (Å²) >= 11 is 0. The summed E-state index contributed by atoms with van der Waals surface area (Å²) in [6, 6.07) is 9.07. The van der Waals surface area contributed by atoms with E-state index in [2.05, 4.69) is 0 Å². The number of rotatable bonds is 3. The molecule has 1 aromatic carbocycles. The maximum atomic E-state index is 12.6.